The molecule has 0 aliphatic heterocycles. The maximum atomic E-state index is 4.15. The van der Waals surface area contributed by atoms with Crippen LogP contribution in [0.15, 0.2) is 0 Å². The summed E-state index contributed by atoms with van der Waals surface area (Å²) in [5.74, 6) is 0.723. The first kappa shape index (κ1) is 6.64. The van der Waals surface area contributed by atoms with E-state index in [1.807, 2.05) is 0 Å². The van der Waals surface area contributed by atoms with Gasteiger partial charge in [-0.15, -0.1) is 0 Å². The molecule has 1 heterocycles. The van der Waals surface area contributed by atoms with Gasteiger partial charge in [-0.25, -0.2) is 0 Å². The Labute approximate surface area is 73.5 Å². The van der Waals surface area contributed by atoms with Gasteiger partial charge >= 0.3 is 0 Å². The van der Waals surface area contributed by atoms with Gasteiger partial charge in [0.25, 0.3) is 0 Å². The molecule has 1 unspecified atom stereocenters. The zero-order valence-electron chi connectivity index (χ0n) is 5.82. The van der Waals surface area contributed by atoms with Crippen LogP contribution in [-0.4, -0.2) is 10.2 Å². The van der Waals surface area contributed by atoms with Crippen LogP contribution in [-0.2, 0) is 6.42 Å². The molecule has 0 saturated heterocycles. The van der Waals surface area contributed by atoms with E-state index in [1.165, 1.54) is 24.1 Å². The monoisotopic (exact) mass is 248 g/mol. The molecule has 1 atom stereocenters. The van der Waals surface area contributed by atoms with E-state index in [2.05, 4.69) is 39.7 Å². The average Bonchev–Trinajstić information content (AvgIpc) is 2.40. The van der Waals surface area contributed by atoms with E-state index >= 15 is 0 Å². The lowest BCUT2D eigenvalue weighted by Gasteiger charge is -1.98. The first-order valence-corrected chi connectivity index (χ1v) is 4.59. The lowest BCUT2D eigenvalue weighted by atomic mass is 10.1. The molecule has 1 aliphatic carbocycles. The second-order valence-electron chi connectivity index (χ2n) is 2.85. The number of halogens is 1. The van der Waals surface area contributed by atoms with Gasteiger partial charge in [0.1, 0.15) is 3.70 Å². The van der Waals surface area contributed by atoms with Crippen molar-refractivity contribution in [3.63, 3.8) is 0 Å². The number of aryl methyl sites for hydroxylation is 1. The summed E-state index contributed by atoms with van der Waals surface area (Å²) in [6.45, 7) is 2.27. The minimum atomic E-state index is 0.723. The van der Waals surface area contributed by atoms with Gasteiger partial charge in [-0.3, -0.25) is 5.10 Å². The largest absolute Gasteiger partial charge is 0.281 e. The molecule has 0 bridgehead atoms. The molecular formula is C7H9IN2. The summed E-state index contributed by atoms with van der Waals surface area (Å²) >= 11 is 2.29. The molecule has 54 valence electrons. The Morgan fingerprint density at radius 2 is 2.50 bits per heavy atom. The summed E-state index contributed by atoms with van der Waals surface area (Å²) in [6, 6.07) is 0. The fourth-order valence-electron chi connectivity index (χ4n) is 1.56. The zero-order valence-corrected chi connectivity index (χ0v) is 7.97. The van der Waals surface area contributed by atoms with Crippen LogP contribution >= 0.6 is 22.6 Å². The normalized spacial score (nSPS) is 23.2. The van der Waals surface area contributed by atoms with Crippen molar-refractivity contribution in [3.05, 3.63) is 15.0 Å². The van der Waals surface area contributed by atoms with E-state index in [0.29, 0.717) is 0 Å². The lowest BCUT2D eigenvalue weighted by molar-refractivity contribution is 0.730. The van der Waals surface area contributed by atoms with E-state index < -0.39 is 0 Å². The van der Waals surface area contributed by atoms with E-state index in [0.717, 1.165) is 9.62 Å². The van der Waals surface area contributed by atoms with Crippen molar-refractivity contribution >= 4 is 22.6 Å². The second kappa shape index (κ2) is 2.22. The van der Waals surface area contributed by atoms with Gasteiger partial charge in [-0.05, 0) is 41.4 Å². The summed E-state index contributed by atoms with van der Waals surface area (Å²) < 4.78 is 1.16. The molecule has 0 fully saturated rings. The van der Waals surface area contributed by atoms with Gasteiger partial charge in [0.15, 0.2) is 0 Å². The summed E-state index contributed by atoms with van der Waals surface area (Å²) in [6.07, 6.45) is 2.48. The van der Waals surface area contributed by atoms with Gasteiger partial charge < -0.3 is 0 Å². The van der Waals surface area contributed by atoms with Crippen LogP contribution in [0.2, 0.25) is 0 Å². The molecule has 10 heavy (non-hydrogen) atoms. The van der Waals surface area contributed by atoms with Crippen molar-refractivity contribution in [3.8, 4) is 0 Å². The fraction of sp³-hybridized carbons (Fsp3) is 0.571. The Morgan fingerprint density at radius 3 is 3.20 bits per heavy atom. The van der Waals surface area contributed by atoms with Gasteiger partial charge in [0, 0.05) is 11.3 Å². The van der Waals surface area contributed by atoms with Gasteiger partial charge in [0.2, 0.25) is 0 Å². The van der Waals surface area contributed by atoms with Crippen LogP contribution in [0.4, 0.5) is 0 Å². The number of hydrogen-bond donors (Lipinski definition) is 1. The number of aromatic amines is 1. The Balaban J connectivity index is 2.54. The smallest absolute Gasteiger partial charge is 0.126 e. The minimum absolute atomic E-state index is 0.723. The number of hydrogen-bond acceptors (Lipinski definition) is 1. The Kier molecular flexibility index (Phi) is 1.47. The molecule has 0 saturated carbocycles. The van der Waals surface area contributed by atoms with Crippen LogP contribution in [0.5, 0.6) is 0 Å². The highest BCUT2D eigenvalue weighted by Gasteiger charge is 2.23. The first-order chi connectivity index (χ1) is 4.79. The first-order valence-electron chi connectivity index (χ1n) is 3.51. The number of aromatic nitrogens is 2. The highest BCUT2D eigenvalue weighted by molar-refractivity contribution is 14.1. The van der Waals surface area contributed by atoms with Crippen molar-refractivity contribution in [1.29, 1.82) is 0 Å². The fourth-order valence-corrected chi connectivity index (χ4v) is 2.54. The lowest BCUT2D eigenvalue weighted by Crippen LogP contribution is -1.86. The van der Waals surface area contributed by atoms with E-state index in [-0.39, 0.29) is 0 Å². The molecule has 1 aliphatic rings. The van der Waals surface area contributed by atoms with Crippen molar-refractivity contribution in [2.75, 3.05) is 0 Å². The third kappa shape index (κ3) is 0.794. The quantitative estimate of drug-likeness (QED) is 0.699. The van der Waals surface area contributed by atoms with Crippen LogP contribution in [0.3, 0.4) is 0 Å². The average molecular weight is 248 g/mol. The molecule has 2 rings (SSSR count). The van der Waals surface area contributed by atoms with E-state index in [4.69, 9.17) is 0 Å². The molecule has 0 radical (unpaired) electrons. The second-order valence-corrected chi connectivity index (χ2v) is 3.87. The van der Waals surface area contributed by atoms with Crippen LogP contribution in [0.1, 0.15) is 30.5 Å². The summed E-state index contributed by atoms with van der Waals surface area (Å²) in [4.78, 5) is 0. The van der Waals surface area contributed by atoms with Crippen LogP contribution < -0.4 is 0 Å². The van der Waals surface area contributed by atoms with Crippen molar-refractivity contribution < 1.29 is 0 Å². The van der Waals surface area contributed by atoms with Gasteiger partial charge in [-0.1, -0.05) is 6.92 Å². The topological polar surface area (TPSA) is 28.7 Å². The molecule has 1 aromatic heterocycles. The van der Waals surface area contributed by atoms with Gasteiger partial charge in [-0.2, -0.15) is 5.10 Å². The Bertz CT molecular complexity index is 254. The molecule has 3 heteroatoms. The zero-order chi connectivity index (χ0) is 7.14. The maximum absolute atomic E-state index is 4.15. The predicted octanol–water partition coefficient (Wildman–Crippen LogP) is 2.06. The molecule has 2 nitrogen and oxygen atoms in total. The van der Waals surface area contributed by atoms with E-state index in [1.54, 1.807) is 0 Å². The number of nitrogens with zero attached hydrogens (tertiary/aromatic N) is 1. The molecule has 1 aromatic rings. The predicted molar refractivity (Wildman–Crippen MR) is 48.0 cm³/mol. The molecular weight excluding hydrogens is 239 g/mol. The standard InChI is InChI=1S/C7H9IN2/c1-4-2-3-5-6(4)7(8)10-9-5/h4H,2-3H2,1H3,(H,9,10). The Morgan fingerprint density at radius 1 is 1.70 bits per heavy atom. The highest BCUT2D eigenvalue weighted by Crippen LogP contribution is 2.33. The van der Waals surface area contributed by atoms with Crippen molar-refractivity contribution in [1.82, 2.24) is 10.2 Å². The molecule has 1 N–H and O–H groups in total. The van der Waals surface area contributed by atoms with Crippen LogP contribution in [0, 0.1) is 3.70 Å². The molecule has 0 amide bonds. The number of rotatable bonds is 0. The number of H-pyrrole nitrogens is 1. The third-order valence-electron chi connectivity index (χ3n) is 2.16. The van der Waals surface area contributed by atoms with Crippen molar-refractivity contribution in [2.24, 2.45) is 0 Å². The number of fused-ring (bicyclic) bond motifs is 1. The highest BCUT2D eigenvalue weighted by atomic mass is 127. The van der Waals surface area contributed by atoms with Crippen molar-refractivity contribution in [2.45, 2.75) is 25.7 Å². The maximum Gasteiger partial charge on any atom is 0.126 e. The number of nitrogens with one attached hydrogen (secondary N) is 1. The van der Waals surface area contributed by atoms with E-state index in [9.17, 15) is 0 Å². The van der Waals surface area contributed by atoms with Crippen LogP contribution in [0.25, 0.3) is 0 Å². The molecule has 0 spiro atoms. The Hall–Kier alpha value is -0.0600. The third-order valence-corrected chi connectivity index (χ3v) is 2.98. The summed E-state index contributed by atoms with van der Waals surface area (Å²) in [5, 5.41) is 7.21. The summed E-state index contributed by atoms with van der Waals surface area (Å²) in [7, 11) is 0. The minimum Gasteiger partial charge on any atom is -0.281 e. The molecule has 0 aromatic carbocycles. The SMILES string of the molecule is CC1CCc2[nH]nc(I)c21. The van der Waals surface area contributed by atoms with Gasteiger partial charge in [0.05, 0.1) is 0 Å². The summed E-state index contributed by atoms with van der Waals surface area (Å²) in [5.41, 5.74) is 2.82.